The number of aromatic nitrogens is 4. The number of imidazole rings is 1. The van der Waals surface area contributed by atoms with Crippen LogP contribution in [-0.4, -0.2) is 32.1 Å². The third kappa shape index (κ3) is 1.79. The van der Waals surface area contributed by atoms with E-state index in [1.165, 1.54) is 12.7 Å². The summed E-state index contributed by atoms with van der Waals surface area (Å²) in [6.07, 6.45) is 2.83. The van der Waals surface area contributed by atoms with Crippen molar-refractivity contribution < 1.29 is 9.53 Å². The van der Waals surface area contributed by atoms with Gasteiger partial charge in [0, 0.05) is 0 Å². The zero-order chi connectivity index (χ0) is 11.5. The average Bonchev–Trinajstić information content (AvgIpc) is 2.64. The number of esters is 1. The predicted molar refractivity (Wildman–Crippen MR) is 56.4 cm³/mol. The van der Waals surface area contributed by atoms with E-state index in [0.717, 1.165) is 0 Å². The molecule has 0 fully saturated rings. The third-order valence-electron chi connectivity index (χ3n) is 2.03. The van der Waals surface area contributed by atoms with Crippen LogP contribution >= 0.6 is 0 Å². The molecule has 0 unspecified atom stereocenters. The van der Waals surface area contributed by atoms with Crippen molar-refractivity contribution >= 4 is 23.0 Å². The summed E-state index contributed by atoms with van der Waals surface area (Å²) in [4.78, 5) is 23.2. The molecule has 2 aromatic rings. The molecule has 0 aliphatic heterocycles. The molecule has 0 amide bonds. The molecule has 0 saturated heterocycles. The van der Waals surface area contributed by atoms with E-state index in [9.17, 15) is 4.79 Å². The summed E-state index contributed by atoms with van der Waals surface area (Å²) >= 11 is 0. The van der Waals surface area contributed by atoms with Crippen molar-refractivity contribution in [2.45, 2.75) is 13.5 Å². The first-order valence-electron chi connectivity index (χ1n) is 4.79. The van der Waals surface area contributed by atoms with Gasteiger partial charge in [-0.3, -0.25) is 4.79 Å². The maximum atomic E-state index is 11.3. The van der Waals surface area contributed by atoms with Gasteiger partial charge in [-0.25, -0.2) is 15.0 Å². The summed E-state index contributed by atoms with van der Waals surface area (Å²) in [6, 6.07) is 0. The van der Waals surface area contributed by atoms with Crippen molar-refractivity contribution in [2.75, 3.05) is 12.3 Å². The Bertz CT molecular complexity index is 522. The number of hydrogen-bond acceptors (Lipinski definition) is 6. The number of carbonyl (C=O) groups is 1. The van der Waals surface area contributed by atoms with Crippen molar-refractivity contribution in [1.29, 1.82) is 0 Å². The smallest absolute Gasteiger partial charge is 0.326 e. The van der Waals surface area contributed by atoms with Crippen LogP contribution in [0, 0.1) is 0 Å². The Balaban J connectivity index is 2.32. The average molecular weight is 221 g/mol. The standard InChI is InChI=1S/C9H11N5O2/c1-2-16-6(15)3-14-5-13-7-8(10)11-4-12-9(7)14/h4-5H,2-3H2,1H3,(H2,10,11,12). The lowest BCUT2D eigenvalue weighted by Gasteiger charge is -2.03. The molecule has 0 aliphatic rings. The molecule has 2 aromatic heterocycles. The van der Waals surface area contributed by atoms with Crippen LogP contribution in [0.1, 0.15) is 6.92 Å². The fourth-order valence-electron chi connectivity index (χ4n) is 1.36. The quantitative estimate of drug-likeness (QED) is 0.731. The maximum Gasteiger partial charge on any atom is 0.326 e. The van der Waals surface area contributed by atoms with Crippen molar-refractivity contribution in [2.24, 2.45) is 0 Å². The number of ether oxygens (including phenoxy) is 1. The van der Waals surface area contributed by atoms with Gasteiger partial charge in [0.25, 0.3) is 0 Å². The van der Waals surface area contributed by atoms with Crippen LogP contribution in [0.4, 0.5) is 5.82 Å². The summed E-state index contributed by atoms with van der Waals surface area (Å²) < 4.78 is 6.41. The van der Waals surface area contributed by atoms with Gasteiger partial charge in [0.2, 0.25) is 0 Å². The zero-order valence-electron chi connectivity index (χ0n) is 8.75. The molecule has 16 heavy (non-hydrogen) atoms. The van der Waals surface area contributed by atoms with E-state index in [2.05, 4.69) is 15.0 Å². The van der Waals surface area contributed by atoms with Gasteiger partial charge in [0.15, 0.2) is 11.5 Å². The monoisotopic (exact) mass is 221 g/mol. The predicted octanol–water partition coefficient (Wildman–Crippen LogP) is -0.0284. The molecule has 7 heteroatoms. The summed E-state index contributed by atoms with van der Waals surface area (Å²) in [5.41, 5.74) is 6.64. The molecule has 84 valence electrons. The number of anilines is 1. The second-order valence-corrected chi connectivity index (χ2v) is 3.11. The van der Waals surface area contributed by atoms with Gasteiger partial charge in [-0.05, 0) is 6.92 Å². The first-order valence-corrected chi connectivity index (χ1v) is 4.79. The normalized spacial score (nSPS) is 10.6. The minimum absolute atomic E-state index is 0.0702. The van der Waals surface area contributed by atoms with Crippen LogP contribution in [0.2, 0.25) is 0 Å². The molecule has 0 bridgehead atoms. The van der Waals surface area contributed by atoms with Gasteiger partial charge in [-0.1, -0.05) is 0 Å². The number of nitrogens with zero attached hydrogens (tertiary/aromatic N) is 4. The third-order valence-corrected chi connectivity index (χ3v) is 2.03. The lowest BCUT2D eigenvalue weighted by Crippen LogP contribution is -2.13. The summed E-state index contributed by atoms with van der Waals surface area (Å²) in [7, 11) is 0. The maximum absolute atomic E-state index is 11.3. The van der Waals surface area contributed by atoms with E-state index in [0.29, 0.717) is 23.6 Å². The minimum atomic E-state index is -0.334. The summed E-state index contributed by atoms with van der Waals surface area (Å²) in [5, 5.41) is 0. The van der Waals surface area contributed by atoms with Crippen LogP contribution in [0.15, 0.2) is 12.7 Å². The summed E-state index contributed by atoms with van der Waals surface area (Å²) in [6.45, 7) is 2.17. The molecular formula is C9H11N5O2. The van der Waals surface area contributed by atoms with Crippen molar-refractivity contribution in [3.05, 3.63) is 12.7 Å². The van der Waals surface area contributed by atoms with Gasteiger partial charge >= 0.3 is 5.97 Å². The highest BCUT2D eigenvalue weighted by molar-refractivity contribution is 5.82. The lowest BCUT2D eigenvalue weighted by molar-refractivity contribution is -0.143. The number of rotatable bonds is 3. The van der Waals surface area contributed by atoms with E-state index in [1.807, 2.05) is 0 Å². The van der Waals surface area contributed by atoms with Gasteiger partial charge in [0.1, 0.15) is 18.4 Å². The minimum Gasteiger partial charge on any atom is -0.465 e. The highest BCUT2D eigenvalue weighted by atomic mass is 16.5. The van der Waals surface area contributed by atoms with Crippen LogP contribution in [-0.2, 0) is 16.1 Å². The number of hydrogen-bond donors (Lipinski definition) is 1. The Morgan fingerprint density at radius 1 is 1.50 bits per heavy atom. The number of nitrogen functional groups attached to an aromatic ring is 1. The van der Waals surface area contributed by atoms with Crippen molar-refractivity contribution in [1.82, 2.24) is 19.5 Å². The highest BCUT2D eigenvalue weighted by Gasteiger charge is 2.10. The Morgan fingerprint density at radius 3 is 3.06 bits per heavy atom. The topological polar surface area (TPSA) is 95.9 Å². The highest BCUT2D eigenvalue weighted by Crippen LogP contribution is 2.13. The molecule has 2 rings (SSSR count). The molecule has 2 N–H and O–H groups in total. The number of carbonyl (C=O) groups excluding carboxylic acids is 1. The number of nitrogens with two attached hydrogens (primary N) is 1. The Hall–Kier alpha value is -2.18. The van der Waals surface area contributed by atoms with Crippen molar-refractivity contribution in [3.63, 3.8) is 0 Å². The molecule has 2 heterocycles. The van der Waals surface area contributed by atoms with E-state index in [4.69, 9.17) is 10.5 Å². The van der Waals surface area contributed by atoms with Crippen molar-refractivity contribution in [3.8, 4) is 0 Å². The van der Waals surface area contributed by atoms with E-state index >= 15 is 0 Å². The van der Waals surface area contributed by atoms with E-state index < -0.39 is 0 Å². The number of fused-ring (bicyclic) bond motifs is 1. The Morgan fingerprint density at radius 2 is 2.31 bits per heavy atom. The molecule has 0 aliphatic carbocycles. The molecule has 0 spiro atoms. The van der Waals surface area contributed by atoms with E-state index in [1.54, 1.807) is 11.5 Å². The first kappa shape index (κ1) is 10.3. The Labute approximate surface area is 91.3 Å². The fraction of sp³-hybridized carbons (Fsp3) is 0.333. The molecule has 7 nitrogen and oxygen atoms in total. The van der Waals surface area contributed by atoms with Crippen LogP contribution in [0.3, 0.4) is 0 Å². The zero-order valence-corrected chi connectivity index (χ0v) is 8.75. The van der Waals surface area contributed by atoms with Gasteiger partial charge < -0.3 is 15.0 Å². The molecule has 0 aromatic carbocycles. The van der Waals surface area contributed by atoms with Gasteiger partial charge in [0.05, 0.1) is 12.9 Å². The molecular weight excluding hydrogens is 210 g/mol. The lowest BCUT2D eigenvalue weighted by atomic mass is 10.5. The molecule has 0 radical (unpaired) electrons. The first-order chi connectivity index (χ1) is 7.72. The SMILES string of the molecule is CCOC(=O)Cn1cnc2c(N)ncnc21. The van der Waals surface area contributed by atoms with Gasteiger partial charge in [-0.15, -0.1) is 0 Å². The second kappa shape index (κ2) is 4.13. The second-order valence-electron chi connectivity index (χ2n) is 3.11. The van der Waals surface area contributed by atoms with Crippen LogP contribution in [0.25, 0.3) is 11.2 Å². The van der Waals surface area contributed by atoms with E-state index in [-0.39, 0.29) is 12.5 Å². The molecule has 0 saturated carbocycles. The van der Waals surface area contributed by atoms with Crippen LogP contribution < -0.4 is 5.73 Å². The van der Waals surface area contributed by atoms with Crippen LogP contribution in [0.5, 0.6) is 0 Å². The Kier molecular flexibility index (Phi) is 2.67. The largest absolute Gasteiger partial charge is 0.465 e. The van der Waals surface area contributed by atoms with Gasteiger partial charge in [-0.2, -0.15) is 0 Å². The molecule has 0 atom stereocenters. The fourth-order valence-corrected chi connectivity index (χ4v) is 1.36. The summed E-state index contributed by atoms with van der Waals surface area (Å²) in [5.74, 6) is -0.0356.